The summed E-state index contributed by atoms with van der Waals surface area (Å²) in [6, 6.07) is 0.558. The first-order valence-corrected chi connectivity index (χ1v) is 8.23. The molecular formula is C12H22N4O2S. The van der Waals surface area contributed by atoms with Gasteiger partial charge in [-0.2, -0.15) is 0 Å². The average molecular weight is 286 g/mol. The highest BCUT2D eigenvalue weighted by Crippen LogP contribution is 2.20. The Morgan fingerprint density at radius 2 is 1.95 bits per heavy atom. The van der Waals surface area contributed by atoms with Crippen LogP contribution >= 0.6 is 0 Å². The van der Waals surface area contributed by atoms with Crippen molar-refractivity contribution in [1.82, 2.24) is 19.6 Å². The van der Waals surface area contributed by atoms with Crippen molar-refractivity contribution in [2.24, 2.45) is 7.05 Å². The quantitative estimate of drug-likeness (QED) is 0.832. The summed E-state index contributed by atoms with van der Waals surface area (Å²) in [5, 5.41) is 3.51. The zero-order chi connectivity index (χ0) is 13.9. The molecule has 1 aromatic heterocycles. The van der Waals surface area contributed by atoms with E-state index in [1.807, 2.05) is 0 Å². The summed E-state index contributed by atoms with van der Waals surface area (Å²) < 4.78 is 28.6. The third-order valence-electron chi connectivity index (χ3n) is 3.50. The number of nitrogens with one attached hydrogen (secondary N) is 2. The first-order valence-electron chi connectivity index (χ1n) is 6.75. The van der Waals surface area contributed by atoms with Crippen molar-refractivity contribution in [3.8, 4) is 0 Å². The molecule has 0 spiro atoms. The van der Waals surface area contributed by atoms with Gasteiger partial charge in [-0.25, -0.2) is 18.1 Å². The SMILES string of the molecule is CCNC1CCC(NS(=O)(=O)c2cn(C)cn2)CC1. The number of hydrogen-bond donors (Lipinski definition) is 2. The molecule has 6 nitrogen and oxygen atoms in total. The molecule has 2 N–H and O–H groups in total. The van der Waals surface area contributed by atoms with E-state index < -0.39 is 10.0 Å². The summed E-state index contributed by atoms with van der Waals surface area (Å²) in [5.74, 6) is 0. The number of hydrogen-bond acceptors (Lipinski definition) is 4. The second-order valence-electron chi connectivity index (χ2n) is 5.10. The van der Waals surface area contributed by atoms with E-state index >= 15 is 0 Å². The van der Waals surface area contributed by atoms with Crippen molar-refractivity contribution in [3.63, 3.8) is 0 Å². The van der Waals surface area contributed by atoms with Gasteiger partial charge in [-0.3, -0.25) is 0 Å². The van der Waals surface area contributed by atoms with Crippen LogP contribution in [-0.2, 0) is 17.1 Å². The molecule has 1 aromatic rings. The molecule has 0 radical (unpaired) electrons. The fourth-order valence-electron chi connectivity index (χ4n) is 2.51. The number of aryl methyl sites for hydroxylation is 1. The van der Waals surface area contributed by atoms with E-state index in [4.69, 9.17) is 0 Å². The molecule has 7 heteroatoms. The highest BCUT2D eigenvalue weighted by molar-refractivity contribution is 7.89. The number of nitrogens with zero attached hydrogens (tertiary/aromatic N) is 2. The van der Waals surface area contributed by atoms with Crippen molar-refractivity contribution >= 4 is 10.0 Å². The van der Waals surface area contributed by atoms with Gasteiger partial charge in [-0.15, -0.1) is 0 Å². The Balaban J connectivity index is 1.92. The second-order valence-corrected chi connectivity index (χ2v) is 6.77. The molecule has 0 aromatic carbocycles. The van der Waals surface area contributed by atoms with E-state index in [0.717, 1.165) is 32.2 Å². The van der Waals surface area contributed by atoms with E-state index in [1.54, 1.807) is 11.6 Å². The average Bonchev–Trinajstić information content (AvgIpc) is 2.79. The molecule has 0 aliphatic heterocycles. The molecule has 0 bridgehead atoms. The summed E-state index contributed by atoms with van der Waals surface area (Å²) in [4.78, 5) is 3.90. The molecule has 0 atom stereocenters. The first-order chi connectivity index (χ1) is 9.01. The van der Waals surface area contributed by atoms with Gasteiger partial charge in [0.25, 0.3) is 10.0 Å². The lowest BCUT2D eigenvalue weighted by atomic mass is 9.92. The van der Waals surface area contributed by atoms with E-state index in [0.29, 0.717) is 6.04 Å². The van der Waals surface area contributed by atoms with Gasteiger partial charge < -0.3 is 9.88 Å². The predicted octanol–water partition coefficient (Wildman–Crippen LogP) is 0.619. The maximum Gasteiger partial charge on any atom is 0.259 e. The van der Waals surface area contributed by atoms with Gasteiger partial charge in [0.05, 0.1) is 6.33 Å². The lowest BCUT2D eigenvalue weighted by Crippen LogP contribution is -2.42. The van der Waals surface area contributed by atoms with Crippen molar-refractivity contribution in [3.05, 3.63) is 12.5 Å². The Bertz CT molecular complexity index is 504. The maximum absolute atomic E-state index is 12.1. The molecule has 1 aliphatic carbocycles. The van der Waals surface area contributed by atoms with Crippen LogP contribution in [0.25, 0.3) is 0 Å². The number of sulfonamides is 1. The zero-order valence-corrected chi connectivity index (χ0v) is 12.3. The fraction of sp³-hybridized carbons (Fsp3) is 0.750. The van der Waals surface area contributed by atoms with Crippen LogP contribution in [0.1, 0.15) is 32.6 Å². The van der Waals surface area contributed by atoms with Gasteiger partial charge in [0, 0.05) is 25.3 Å². The van der Waals surface area contributed by atoms with Gasteiger partial charge in [0.1, 0.15) is 0 Å². The first kappa shape index (κ1) is 14.5. The Labute approximate surface area is 114 Å². The standard InChI is InChI=1S/C12H22N4O2S/c1-3-13-10-4-6-11(7-5-10)15-19(17,18)12-8-16(2)9-14-12/h8-11,13,15H,3-7H2,1-2H3. The molecule has 0 unspecified atom stereocenters. The molecule has 2 rings (SSSR count). The van der Waals surface area contributed by atoms with E-state index in [1.165, 1.54) is 12.5 Å². The number of aromatic nitrogens is 2. The van der Waals surface area contributed by atoms with Gasteiger partial charge >= 0.3 is 0 Å². The predicted molar refractivity (Wildman–Crippen MR) is 73.3 cm³/mol. The molecular weight excluding hydrogens is 264 g/mol. The molecule has 108 valence electrons. The van der Waals surface area contributed by atoms with Crippen LogP contribution in [0.4, 0.5) is 0 Å². The van der Waals surface area contributed by atoms with Crippen LogP contribution in [0, 0.1) is 0 Å². The fourth-order valence-corrected chi connectivity index (χ4v) is 3.80. The molecule has 1 aliphatic rings. The van der Waals surface area contributed by atoms with Crippen LogP contribution in [-0.4, -0.2) is 36.6 Å². The van der Waals surface area contributed by atoms with Crippen LogP contribution in [0.3, 0.4) is 0 Å². The Kier molecular flexibility index (Phi) is 4.59. The topological polar surface area (TPSA) is 76.0 Å². The third-order valence-corrected chi connectivity index (χ3v) is 4.90. The summed E-state index contributed by atoms with van der Waals surface area (Å²) in [6.45, 7) is 3.06. The minimum absolute atomic E-state index is 0.0295. The summed E-state index contributed by atoms with van der Waals surface area (Å²) in [5.41, 5.74) is 0. The largest absolute Gasteiger partial charge is 0.339 e. The van der Waals surface area contributed by atoms with Crippen LogP contribution in [0.2, 0.25) is 0 Å². The molecule has 1 fully saturated rings. The monoisotopic (exact) mass is 286 g/mol. The van der Waals surface area contributed by atoms with Crippen molar-refractivity contribution in [1.29, 1.82) is 0 Å². The Morgan fingerprint density at radius 3 is 2.47 bits per heavy atom. The third kappa shape index (κ3) is 3.77. The van der Waals surface area contributed by atoms with Gasteiger partial charge in [0.2, 0.25) is 0 Å². The van der Waals surface area contributed by atoms with Gasteiger partial charge in [0.15, 0.2) is 5.03 Å². The summed E-state index contributed by atoms with van der Waals surface area (Å²) in [6.07, 6.45) is 6.81. The number of rotatable bonds is 5. The minimum atomic E-state index is -3.47. The summed E-state index contributed by atoms with van der Waals surface area (Å²) in [7, 11) is -1.71. The van der Waals surface area contributed by atoms with E-state index in [-0.39, 0.29) is 11.1 Å². The molecule has 1 heterocycles. The maximum atomic E-state index is 12.1. The van der Waals surface area contributed by atoms with Crippen LogP contribution < -0.4 is 10.0 Å². The Hall–Kier alpha value is -0.920. The molecule has 1 saturated carbocycles. The van der Waals surface area contributed by atoms with Crippen LogP contribution in [0.5, 0.6) is 0 Å². The normalized spacial score (nSPS) is 24.5. The van der Waals surface area contributed by atoms with Crippen molar-refractivity contribution in [2.45, 2.75) is 49.7 Å². The highest BCUT2D eigenvalue weighted by Gasteiger charge is 2.26. The molecule has 19 heavy (non-hydrogen) atoms. The van der Waals surface area contributed by atoms with E-state index in [9.17, 15) is 8.42 Å². The van der Waals surface area contributed by atoms with Crippen molar-refractivity contribution < 1.29 is 8.42 Å². The molecule has 0 amide bonds. The smallest absolute Gasteiger partial charge is 0.259 e. The summed E-state index contributed by atoms with van der Waals surface area (Å²) >= 11 is 0. The van der Waals surface area contributed by atoms with Crippen molar-refractivity contribution in [2.75, 3.05) is 6.54 Å². The Morgan fingerprint density at radius 1 is 1.32 bits per heavy atom. The van der Waals surface area contributed by atoms with Crippen LogP contribution in [0.15, 0.2) is 17.6 Å². The molecule has 0 saturated heterocycles. The highest BCUT2D eigenvalue weighted by atomic mass is 32.2. The second kappa shape index (κ2) is 6.02. The zero-order valence-electron chi connectivity index (χ0n) is 11.5. The van der Waals surface area contributed by atoms with E-state index in [2.05, 4.69) is 21.9 Å². The lowest BCUT2D eigenvalue weighted by molar-refractivity contribution is 0.333. The lowest BCUT2D eigenvalue weighted by Gasteiger charge is -2.29. The van der Waals surface area contributed by atoms with Gasteiger partial charge in [-0.1, -0.05) is 6.92 Å². The number of imidazole rings is 1. The van der Waals surface area contributed by atoms with Gasteiger partial charge in [-0.05, 0) is 32.2 Å². The minimum Gasteiger partial charge on any atom is -0.339 e.